The lowest BCUT2D eigenvalue weighted by atomic mass is 10.2. The third kappa shape index (κ3) is 2.11. The highest BCUT2D eigenvalue weighted by atomic mass is 79.9. The number of hydrogen-bond donors (Lipinski definition) is 1. The summed E-state index contributed by atoms with van der Waals surface area (Å²) in [6.07, 6.45) is 0. The van der Waals surface area contributed by atoms with E-state index >= 15 is 0 Å². The molecule has 3 rings (SSSR count). The number of rotatable bonds is 2. The summed E-state index contributed by atoms with van der Waals surface area (Å²) in [6, 6.07) is 7.58. The van der Waals surface area contributed by atoms with Crippen LogP contribution in [0.3, 0.4) is 0 Å². The van der Waals surface area contributed by atoms with Crippen molar-refractivity contribution in [3.05, 3.63) is 38.7 Å². The Morgan fingerprint density at radius 3 is 2.86 bits per heavy atom. The number of aryl methyl sites for hydroxylation is 2. The van der Waals surface area contributed by atoms with E-state index in [1.54, 1.807) is 12.1 Å². The van der Waals surface area contributed by atoms with Gasteiger partial charge in [-0.3, -0.25) is 4.57 Å². The molecular weight excluding hydrogens is 350 g/mol. The number of aromatic nitrogens is 4. The molecular formula is C14H12BrN5S. The van der Waals surface area contributed by atoms with Crippen LogP contribution in [0.5, 0.6) is 0 Å². The van der Waals surface area contributed by atoms with Gasteiger partial charge in [0.05, 0.1) is 23.0 Å². The van der Waals surface area contributed by atoms with Crippen LogP contribution in [-0.4, -0.2) is 19.3 Å². The molecule has 1 N–H and O–H groups in total. The Hall–Kier alpha value is -1.91. The maximum atomic E-state index is 8.98. The van der Waals surface area contributed by atoms with Crippen LogP contribution in [-0.2, 0) is 6.54 Å². The van der Waals surface area contributed by atoms with Crippen LogP contribution < -0.4 is 0 Å². The average Bonchev–Trinajstić information content (AvgIpc) is 2.96. The van der Waals surface area contributed by atoms with E-state index in [1.807, 2.05) is 29.2 Å². The first kappa shape index (κ1) is 14.0. The monoisotopic (exact) mass is 361 g/mol. The Balaban J connectivity index is 2.38. The molecule has 106 valence electrons. The van der Waals surface area contributed by atoms with Gasteiger partial charge in [-0.1, -0.05) is 0 Å². The van der Waals surface area contributed by atoms with Crippen molar-refractivity contribution in [2.45, 2.75) is 20.4 Å². The van der Waals surface area contributed by atoms with E-state index < -0.39 is 0 Å². The van der Waals surface area contributed by atoms with Crippen LogP contribution in [0.2, 0.25) is 0 Å². The van der Waals surface area contributed by atoms with Crippen molar-refractivity contribution in [3.63, 3.8) is 0 Å². The minimum Gasteiger partial charge on any atom is -0.327 e. The van der Waals surface area contributed by atoms with Crippen molar-refractivity contribution >= 4 is 39.3 Å². The molecule has 0 atom stereocenters. The van der Waals surface area contributed by atoms with E-state index in [0.717, 1.165) is 33.6 Å². The third-order valence-electron chi connectivity index (χ3n) is 3.36. The Morgan fingerprint density at radius 2 is 2.24 bits per heavy atom. The van der Waals surface area contributed by atoms with Gasteiger partial charge in [0.2, 0.25) is 0 Å². The number of nitrogens with zero attached hydrogens (tertiary/aromatic N) is 4. The molecule has 0 bridgehead atoms. The van der Waals surface area contributed by atoms with Crippen LogP contribution in [0.25, 0.3) is 16.9 Å². The summed E-state index contributed by atoms with van der Waals surface area (Å²) in [6.45, 7) is 4.75. The zero-order chi connectivity index (χ0) is 15.1. The molecule has 0 saturated carbocycles. The van der Waals surface area contributed by atoms with Gasteiger partial charge in [0.1, 0.15) is 5.52 Å². The van der Waals surface area contributed by atoms with Gasteiger partial charge in [0.15, 0.2) is 10.4 Å². The van der Waals surface area contributed by atoms with E-state index in [9.17, 15) is 0 Å². The predicted molar refractivity (Wildman–Crippen MR) is 87.1 cm³/mol. The predicted octanol–water partition coefficient (Wildman–Crippen LogP) is 3.85. The van der Waals surface area contributed by atoms with E-state index in [2.05, 4.69) is 32.1 Å². The van der Waals surface area contributed by atoms with Crippen LogP contribution in [0.4, 0.5) is 0 Å². The minimum absolute atomic E-state index is 0.601. The standard InChI is InChI=1S/C14H12BrN5S/c1-3-19-13-12(8(2)18-19)17-14(21)20(13)11-5-4-9(7-16)6-10(11)15/h4-6H,3H2,1-2H3,(H,17,21). The molecule has 0 aliphatic rings. The number of nitriles is 1. The van der Waals surface area contributed by atoms with Crippen LogP contribution in [0.1, 0.15) is 18.2 Å². The number of nitrogens with one attached hydrogen (secondary N) is 1. The normalized spacial score (nSPS) is 11.0. The maximum Gasteiger partial charge on any atom is 0.184 e. The average molecular weight is 362 g/mol. The molecule has 0 aliphatic heterocycles. The number of imidazole rings is 1. The highest BCUT2D eigenvalue weighted by Gasteiger charge is 2.16. The zero-order valence-electron chi connectivity index (χ0n) is 11.5. The first-order chi connectivity index (χ1) is 10.1. The lowest BCUT2D eigenvalue weighted by Gasteiger charge is -2.08. The second-order valence-electron chi connectivity index (χ2n) is 4.64. The lowest BCUT2D eigenvalue weighted by Crippen LogP contribution is -2.04. The van der Waals surface area contributed by atoms with Gasteiger partial charge >= 0.3 is 0 Å². The van der Waals surface area contributed by atoms with Crippen molar-refractivity contribution in [3.8, 4) is 11.8 Å². The van der Waals surface area contributed by atoms with Crippen molar-refractivity contribution in [1.82, 2.24) is 19.3 Å². The summed E-state index contributed by atoms with van der Waals surface area (Å²) in [5.74, 6) is 0. The molecule has 7 heteroatoms. The van der Waals surface area contributed by atoms with E-state index in [-0.39, 0.29) is 0 Å². The number of halogens is 1. The van der Waals surface area contributed by atoms with Gasteiger partial charge in [0.25, 0.3) is 0 Å². The second-order valence-corrected chi connectivity index (χ2v) is 5.88. The fourth-order valence-corrected chi connectivity index (χ4v) is 3.25. The molecule has 0 spiro atoms. The highest BCUT2D eigenvalue weighted by Crippen LogP contribution is 2.28. The topological polar surface area (TPSA) is 62.3 Å². The summed E-state index contributed by atoms with van der Waals surface area (Å²) < 4.78 is 5.29. The van der Waals surface area contributed by atoms with Gasteiger partial charge in [-0.05, 0) is 60.2 Å². The van der Waals surface area contributed by atoms with Crippen molar-refractivity contribution in [1.29, 1.82) is 5.26 Å². The number of benzene rings is 1. The summed E-state index contributed by atoms with van der Waals surface area (Å²) in [5.41, 5.74) is 4.29. The number of aromatic amines is 1. The summed E-state index contributed by atoms with van der Waals surface area (Å²) >= 11 is 8.98. The third-order valence-corrected chi connectivity index (χ3v) is 4.28. The van der Waals surface area contributed by atoms with Gasteiger partial charge in [-0.2, -0.15) is 10.4 Å². The molecule has 0 saturated heterocycles. The lowest BCUT2D eigenvalue weighted by molar-refractivity contribution is 0.661. The number of fused-ring (bicyclic) bond motifs is 1. The van der Waals surface area contributed by atoms with Crippen molar-refractivity contribution in [2.24, 2.45) is 0 Å². The molecule has 3 aromatic rings. The molecule has 0 aliphatic carbocycles. The van der Waals surface area contributed by atoms with Gasteiger partial charge < -0.3 is 4.98 Å². The summed E-state index contributed by atoms with van der Waals surface area (Å²) in [5, 5.41) is 13.5. The summed E-state index contributed by atoms with van der Waals surface area (Å²) in [4.78, 5) is 3.21. The first-order valence-corrected chi connectivity index (χ1v) is 7.65. The SMILES string of the molecule is CCn1nc(C)c2[nH]c(=S)n(-c3ccc(C#N)cc3Br)c21. The molecule has 5 nitrogen and oxygen atoms in total. The smallest absolute Gasteiger partial charge is 0.184 e. The van der Waals surface area contributed by atoms with Gasteiger partial charge in [-0.15, -0.1) is 0 Å². The van der Waals surface area contributed by atoms with Gasteiger partial charge in [0, 0.05) is 11.0 Å². The van der Waals surface area contributed by atoms with E-state index in [1.165, 1.54) is 0 Å². The summed E-state index contributed by atoms with van der Waals surface area (Å²) in [7, 11) is 0. The molecule has 1 aromatic carbocycles. The Bertz CT molecular complexity index is 941. The maximum absolute atomic E-state index is 8.98. The second kappa shape index (κ2) is 5.13. The Morgan fingerprint density at radius 1 is 1.48 bits per heavy atom. The molecule has 2 aromatic heterocycles. The Labute approximate surface area is 134 Å². The molecule has 0 amide bonds. The largest absolute Gasteiger partial charge is 0.327 e. The van der Waals surface area contributed by atoms with Crippen LogP contribution in [0, 0.1) is 23.0 Å². The van der Waals surface area contributed by atoms with E-state index in [4.69, 9.17) is 17.5 Å². The fraction of sp³-hybridized carbons (Fsp3) is 0.214. The highest BCUT2D eigenvalue weighted by molar-refractivity contribution is 9.10. The van der Waals surface area contributed by atoms with Crippen LogP contribution >= 0.6 is 28.1 Å². The first-order valence-electron chi connectivity index (χ1n) is 6.45. The minimum atomic E-state index is 0.601. The Kier molecular flexibility index (Phi) is 3.43. The number of H-pyrrole nitrogens is 1. The van der Waals surface area contributed by atoms with Crippen molar-refractivity contribution in [2.75, 3.05) is 0 Å². The molecule has 0 unspecified atom stereocenters. The molecule has 0 fully saturated rings. The fourth-order valence-electron chi connectivity index (χ4n) is 2.40. The quantitative estimate of drug-likeness (QED) is 0.705. The van der Waals surface area contributed by atoms with Gasteiger partial charge in [-0.25, -0.2) is 4.68 Å². The van der Waals surface area contributed by atoms with E-state index in [0.29, 0.717) is 10.3 Å². The zero-order valence-corrected chi connectivity index (χ0v) is 13.9. The molecule has 21 heavy (non-hydrogen) atoms. The molecule has 0 radical (unpaired) electrons. The van der Waals surface area contributed by atoms with Crippen LogP contribution in [0.15, 0.2) is 22.7 Å². The number of hydrogen-bond acceptors (Lipinski definition) is 3. The molecule has 2 heterocycles. The van der Waals surface area contributed by atoms with Crippen molar-refractivity contribution < 1.29 is 0 Å².